The second-order valence-electron chi connectivity index (χ2n) is 3.87. The molecule has 3 nitrogen and oxygen atoms in total. The summed E-state index contributed by atoms with van der Waals surface area (Å²) in [4.78, 5) is 11.3. The second-order valence-corrected chi connectivity index (χ2v) is 3.87. The number of nitrogens with one attached hydrogen (secondary N) is 1. The van der Waals surface area contributed by atoms with E-state index in [9.17, 15) is 4.79 Å². The molecule has 0 radical (unpaired) electrons. The van der Waals surface area contributed by atoms with Crippen molar-refractivity contribution in [2.45, 2.75) is 13.0 Å². The van der Waals surface area contributed by atoms with Gasteiger partial charge >= 0.3 is 0 Å². The van der Waals surface area contributed by atoms with Crippen molar-refractivity contribution in [3.8, 4) is 11.3 Å². The first-order chi connectivity index (χ1) is 7.84. The monoisotopic (exact) mass is 213 g/mol. The minimum absolute atomic E-state index is 0.0871. The molecule has 0 saturated carbocycles. The molecular formula is C13H11NO2. The molecule has 1 aromatic carbocycles. The van der Waals surface area contributed by atoms with Gasteiger partial charge in [-0.15, -0.1) is 0 Å². The summed E-state index contributed by atoms with van der Waals surface area (Å²) in [6.45, 7) is 0.588. The van der Waals surface area contributed by atoms with E-state index in [1.165, 1.54) is 0 Å². The van der Waals surface area contributed by atoms with Crippen molar-refractivity contribution in [3.05, 3.63) is 47.7 Å². The largest absolute Gasteiger partial charge is 0.464 e. The fourth-order valence-electron chi connectivity index (χ4n) is 2.09. The van der Waals surface area contributed by atoms with Gasteiger partial charge in [-0.3, -0.25) is 4.79 Å². The lowest BCUT2D eigenvalue weighted by Gasteiger charge is -2.19. The van der Waals surface area contributed by atoms with Crippen LogP contribution in [-0.4, -0.2) is 5.91 Å². The van der Waals surface area contributed by atoms with Crippen molar-refractivity contribution in [2.75, 3.05) is 0 Å². The Hall–Kier alpha value is -2.03. The molecule has 1 N–H and O–H groups in total. The molecule has 1 aliphatic rings. The molecule has 0 atom stereocenters. The van der Waals surface area contributed by atoms with Gasteiger partial charge in [-0.1, -0.05) is 18.2 Å². The predicted molar refractivity (Wildman–Crippen MR) is 59.7 cm³/mol. The maximum absolute atomic E-state index is 11.3. The number of rotatable bonds is 1. The van der Waals surface area contributed by atoms with E-state index in [0.717, 1.165) is 22.5 Å². The van der Waals surface area contributed by atoms with E-state index in [4.69, 9.17) is 4.42 Å². The standard InChI is InChI=1S/C13H11NO2/c15-13-7-9-3-1-4-10(11(9)8-14-13)12-5-2-6-16-12/h1-6H,7-8H2,(H,14,15). The van der Waals surface area contributed by atoms with Crippen LogP contribution in [0.3, 0.4) is 0 Å². The Kier molecular flexibility index (Phi) is 2.03. The van der Waals surface area contributed by atoms with Crippen LogP contribution in [0, 0.1) is 0 Å². The number of hydrogen-bond acceptors (Lipinski definition) is 2. The molecule has 3 heteroatoms. The molecule has 0 bridgehead atoms. The average molecular weight is 213 g/mol. The van der Waals surface area contributed by atoms with Gasteiger partial charge in [-0.05, 0) is 23.3 Å². The first kappa shape index (κ1) is 9.21. The molecular weight excluding hydrogens is 202 g/mol. The SMILES string of the molecule is O=C1Cc2cccc(-c3ccco3)c2CN1. The fraction of sp³-hybridized carbons (Fsp3) is 0.154. The minimum Gasteiger partial charge on any atom is -0.464 e. The number of fused-ring (bicyclic) bond motifs is 1. The van der Waals surface area contributed by atoms with Crippen LogP contribution >= 0.6 is 0 Å². The van der Waals surface area contributed by atoms with E-state index in [1.807, 2.05) is 30.3 Å². The van der Waals surface area contributed by atoms with E-state index in [2.05, 4.69) is 5.32 Å². The third-order valence-electron chi connectivity index (χ3n) is 2.87. The first-order valence-electron chi connectivity index (χ1n) is 5.26. The maximum Gasteiger partial charge on any atom is 0.224 e. The van der Waals surface area contributed by atoms with E-state index in [1.54, 1.807) is 6.26 Å². The summed E-state index contributed by atoms with van der Waals surface area (Å²) in [5.41, 5.74) is 3.33. The minimum atomic E-state index is 0.0871. The zero-order chi connectivity index (χ0) is 11.0. The van der Waals surface area contributed by atoms with E-state index in [0.29, 0.717) is 13.0 Å². The summed E-state index contributed by atoms with van der Waals surface area (Å²) in [7, 11) is 0. The van der Waals surface area contributed by atoms with Crippen molar-refractivity contribution in [1.29, 1.82) is 0 Å². The van der Waals surface area contributed by atoms with Gasteiger partial charge in [0.15, 0.2) is 0 Å². The Labute approximate surface area is 93.1 Å². The Morgan fingerprint density at radius 2 is 2.12 bits per heavy atom. The summed E-state index contributed by atoms with van der Waals surface area (Å²) in [5.74, 6) is 0.942. The predicted octanol–water partition coefficient (Wildman–Crippen LogP) is 2.12. The summed E-state index contributed by atoms with van der Waals surface area (Å²) < 4.78 is 5.40. The van der Waals surface area contributed by atoms with Crippen molar-refractivity contribution >= 4 is 5.91 Å². The highest BCUT2D eigenvalue weighted by Gasteiger charge is 2.18. The lowest BCUT2D eigenvalue weighted by atomic mass is 9.94. The first-order valence-corrected chi connectivity index (χ1v) is 5.26. The molecule has 3 rings (SSSR count). The topological polar surface area (TPSA) is 42.2 Å². The fourth-order valence-corrected chi connectivity index (χ4v) is 2.09. The third-order valence-corrected chi connectivity index (χ3v) is 2.87. The highest BCUT2D eigenvalue weighted by atomic mass is 16.3. The summed E-state index contributed by atoms with van der Waals surface area (Å²) in [6, 6.07) is 9.80. The van der Waals surface area contributed by atoms with Crippen LogP contribution in [0.5, 0.6) is 0 Å². The van der Waals surface area contributed by atoms with Crippen LogP contribution in [0.2, 0.25) is 0 Å². The van der Waals surface area contributed by atoms with Crippen LogP contribution in [-0.2, 0) is 17.8 Å². The van der Waals surface area contributed by atoms with Gasteiger partial charge in [-0.25, -0.2) is 0 Å². The number of benzene rings is 1. The Balaban J connectivity index is 2.14. The molecule has 0 spiro atoms. The molecule has 80 valence electrons. The summed E-state index contributed by atoms with van der Waals surface area (Å²) in [6.07, 6.45) is 2.13. The van der Waals surface area contributed by atoms with Crippen molar-refractivity contribution in [2.24, 2.45) is 0 Å². The molecule has 0 aliphatic carbocycles. The van der Waals surface area contributed by atoms with Crippen LogP contribution in [0.25, 0.3) is 11.3 Å². The van der Waals surface area contributed by atoms with Crippen molar-refractivity contribution in [3.63, 3.8) is 0 Å². The third kappa shape index (κ3) is 1.41. The normalized spacial score (nSPS) is 14.4. The van der Waals surface area contributed by atoms with Gasteiger partial charge < -0.3 is 9.73 Å². The number of amides is 1. The molecule has 2 heterocycles. The van der Waals surface area contributed by atoms with E-state index in [-0.39, 0.29) is 5.91 Å². The number of carbonyl (C=O) groups is 1. The van der Waals surface area contributed by atoms with Gasteiger partial charge in [0.2, 0.25) is 5.91 Å². The average Bonchev–Trinajstić information content (AvgIpc) is 2.81. The molecule has 0 saturated heterocycles. The Morgan fingerprint density at radius 1 is 1.19 bits per heavy atom. The van der Waals surface area contributed by atoms with Gasteiger partial charge in [0.1, 0.15) is 5.76 Å². The molecule has 0 unspecified atom stereocenters. The Morgan fingerprint density at radius 3 is 2.94 bits per heavy atom. The van der Waals surface area contributed by atoms with Gasteiger partial charge in [-0.2, -0.15) is 0 Å². The molecule has 1 amide bonds. The zero-order valence-electron chi connectivity index (χ0n) is 8.69. The molecule has 1 aromatic heterocycles. The maximum atomic E-state index is 11.3. The molecule has 2 aromatic rings. The van der Waals surface area contributed by atoms with Crippen molar-refractivity contribution in [1.82, 2.24) is 5.32 Å². The smallest absolute Gasteiger partial charge is 0.224 e. The zero-order valence-corrected chi connectivity index (χ0v) is 8.69. The highest BCUT2D eigenvalue weighted by Crippen LogP contribution is 2.28. The van der Waals surface area contributed by atoms with Gasteiger partial charge in [0.05, 0.1) is 12.7 Å². The quantitative estimate of drug-likeness (QED) is 0.788. The van der Waals surface area contributed by atoms with E-state index >= 15 is 0 Å². The summed E-state index contributed by atoms with van der Waals surface area (Å²) >= 11 is 0. The number of furan rings is 1. The van der Waals surface area contributed by atoms with Crippen LogP contribution in [0.4, 0.5) is 0 Å². The lowest BCUT2D eigenvalue weighted by molar-refractivity contribution is -0.121. The van der Waals surface area contributed by atoms with E-state index < -0.39 is 0 Å². The Bertz CT molecular complexity index is 529. The summed E-state index contributed by atoms with van der Waals surface area (Å²) in [5, 5.41) is 2.86. The highest BCUT2D eigenvalue weighted by molar-refractivity contribution is 5.82. The lowest BCUT2D eigenvalue weighted by Crippen LogP contribution is -2.30. The number of hydrogen-bond donors (Lipinski definition) is 1. The number of carbonyl (C=O) groups excluding carboxylic acids is 1. The van der Waals surface area contributed by atoms with Crippen LogP contribution in [0.1, 0.15) is 11.1 Å². The van der Waals surface area contributed by atoms with Crippen LogP contribution in [0.15, 0.2) is 41.0 Å². The molecule has 16 heavy (non-hydrogen) atoms. The van der Waals surface area contributed by atoms with Crippen molar-refractivity contribution < 1.29 is 9.21 Å². The van der Waals surface area contributed by atoms with Gasteiger partial charge in [0.25, 0.3) is 0 Å². The molecule has 1 aliphatic heterocycles. The second kappa shape index (κ2) is 3.52. The van der Waals surface area contributed by atoms with Crippen LogP contribution < -0.4 is 5.32 Å². The molecule has 0 fully saturated rings. The van der Waals surface area contributed by atoms with Gasteiger partial charge in [0, 0.05) is 12.1 Å².